The monoisotopic (exact) mass is 287 g/mol. The molecule has 1 aromatic rings. The summed E-state index contributed by atoms with van der Waals surface area (Å²) < 4.78 is 0. The summed E-state index contributed by atoms with van der Waals surface area (Å²) in [5.74, 6) is 0.360. The molecule has 2 unspecified atom stereocenters. The number of para-hydroxylation sites is 1. The van der Waals surface area contributed by atoms with Gasteiger partial charge >= 0.3 is 0 Å². The van der Waals surface area contributed by atoms with E-state index in [1.54, 1.807) is 0 Å². The van der Waals surface area contributed by atoms with Crippen molar-refractivity contribution in [2.75, 3.05) is 39.0 Å². The van der Waals surface area contributed by atoms with E-state index in [1.807, 2.05) is 12.1 Å². The fourth-order valence-electron chi connectivity index (χ4n) is 3.66. The lowest BCUT2D eigenvalue weighted by atomic mass is 9.89. The normalized spacial score (nSPS) is 24.8. The first-order valence-electron chi connectivity index (χ1n) is 7.95. The van der Waals surface area contributed by atoms with Gasteiger partial charge in [0.1, 0.15) is 0 Å². The molecule has 0 aliphatic carbocycles. The molecule has 0 radical (unpaired) electrons. The molecule has 1 aromatic carbocycles. The van der Waals surface area contributed by atoms with E-state index in [-0.39, 0.29) is 5.92 Å². The number of fused-ring (bicyclic) bond motifs is 1. The van der Waals surface area contributed by atoms with Crippen LogP contribution in [0.15, 0.2) is 24.3 Å². The van der Waals surface area contributed by atoms with Gasteiger partial charge in [-0.1, -0.05) is 18.2 Å². The van der Waals surface area contributed by atoms with E-state index in [0.29, 0.717) is 11.9 Å². The highest BCUT2D eigenvalue weighted by Crippen LogP contribution is 2.34. The molecule has 2 atom stereocenters. The van der Waals surface area contributed by atoms with Crippen molar-refractivity contribution in [3.05, 3.63) is 29.8 Å². The minimum Gasteiger partial charge on any atom is -0.385 e. The molecule has 1 N–H and O–H groups in total. The number of amides is 1. The molecule has 0 bridgehead atoms. The molecule has 1 fully saturated rings. The van der Waals surface area contributed by atoms with Crippen LogP contribution in [-0.4, -0.2) is 55.5 Å². The minimum atomic E-state index is 0.0326. The van der Waals surface area contributed by atoms with Crippen molar-refractivity contribution in [2.45, 2.75) is 31.2 Å². The van der Waals surface area contributed by atoms with E-state index < -0.39 is 0 Å². The zero-order valence-corrected chi connectivity index (χ0v) is 13.0. The Morgan fingerprint density at radius 1 is 1.33 bits per heavy atom. The number of hydrogen-bond donors (Lipinski definition) is 1. The number of anilines is 1. The molecule has 0 aromatic heterocycles. The first-order chi connectivity index (χ1) is 10.2. The molecule has 21 heavy (non-hydrogen) atoms. The summed E-state index contributed by atoms with van der Waals surface area (Å²) in [5.41, 5.74) is 2.30. The molecule has 1 saturated heterocycles. The van der Waals surface area contributed by atoms with Crippen LogP contribution < -0.4 is 5.32 Å². The third kappa shape index (κ3) is 2.91. The van der Waals surface area contributed by atoms with Gasteiger partial charge in [-0.15, -0.1) is 0 Å². The summed E-state index contributed by atoms with van der Waals surface area (Å²) in [6, 6.07) is 8.63. The highest BCUT2D eigenvalue weighted by atomic mass is 16.2. The third-order valence-electron chi connectivity index (χ3n) is 4.62. The van der Waals surface area contributed by atoms with Gasteiger partial charge in [-0.25, -0.2) is 0 Å². The van der Waals surface area contributed by atoms with Crippen LogP contribution in [0.4, 0.5) is 5.69 Å². The minimum absolute atomic E-state index is 0.0326. The maximum Gasteiger partial charge on any atom is 0.230 e. The zero-order chi connectivity index (χ0) is 14.8. The zero-order valence-electron chi connectivity index (χ0n) is 13.0. The van der Waals surface area contributed by atoms with Crippen LogP contribution in [0.25, 0.3) is 0 Å². The Morgan fingerprint density at radius 2 is 2.14 bits per heavy atom. The van der Waals surface area contributed by atoms with Gasteiger partial charge < -0.3 is 15.1 Å². The average Bonchev–Trinajstić information content (AvgIpc) is 2.93. The second-order valence-corrected chi connectivity index (χ2v) is 6.45. The predicted octanol–water partition coefficient (Wildman–Crippen LogP) is 2.14. The molecular weight excluding hydrogens is 262 g/mol. The summed E-state index contributed by atoms with van der Waals surface area (Å²) in [4.78, 5) is 17.4. The lowest BCUT2D eigenvalue weighted by Crippen LogP contribution is -2.44. The van der Waals surface area contributed by atoms with Gasteiger partial charge in [-0.05, 0) is 45.0 Å². The quantitative estimate of drug-likeness (QED) is 0.925. The van der Waals surface area contributed by atoms with Gasteiger partial charge in [-0.3, -0.25) is 4.79 Å². The van der Waals surface area contributed by atoms with E-state index in [1.165, 1.54) is 5.56 Å². The van der Waals surface area contributed by atoms with E-state index in [4.69, 9.17) is 0 Å². The van der Waals surface area contributed by atoms with Crippen molar-refractivity contribution in [1.29, 1.82) is 0 Å². The lowest BCUT2D eigenvalue weighted by molar-refractivity contribution is -0.134. The van der Waals surface area contributed by atoms with Crippen molar-refractivity contribution >= 4 is 11.6 Å². The SMILES string of the molecule is CN(C)CC1CCCN1C(=O)C1CCNc2ccccc21. The molecule has 4 nitrogen and oxygen atoms in total. The van der Waals surface area contributed by atoms with E-state index in [2.05, 4.69) is 41.3 Å². The largest absolute Gasteiger partial charge is 0.385 e. The maximum atomic E-state index is 13.0. The molecule has 2 heterocycles. The van der Waals surface area contributed by atoms with Crippen LogP contribution in [0.1, 0.15) is 30.7 Å². The topological polar surface area (TPSA) is 35.6 Å². The van der Waals surface area contributed by atoms with Crippen molar-refractivity contribution in [2.24, 2.45) is 0 Å². The van der Waals surface area contributed by atoms with Crippen LogP contribution in [0.5, 0.6) is 0 Å². The second-order valence-electron chi connectivity index (χ2n) is 6.45. The number of rotatable bonds is 3. The molecule has 1 amide bonds. The second kappa shape index (κ2) is 6.06. The Bertz CT molecular complexity index is 515. The Morgan fingerprint density at radius 3 is 2.95 bits per heavy atom. The fourth-order valence-corrected chi connectivity index (χ4v) is 3.66. The molecule has 4 heteroatoms. The van der Waals surface area contributed by atoms with Crippen LogP contribution >= 0.6 is 0 Å². The van der Waals surface area contributed by atoms with Crippen molar-refractivity contribution < 1.29 is 4.79 Å². The third-order valence-corrected chi connectivity index (χ3v) is 4.62. The summed E-state index contributed by atoms with van der Waals surface area (Å²) in [7, 11) is 4.17. The van der Waals surface area contributed by atoms with Gasteiger partial charge in [0.2, 0.25) is 5.91 Å². The molecule has 114 valence electrons. The Kier molecular flexibility index (Phi) is 4.15. The summed E-state index contributed by atoms with van der Waals surface area (Å²) in [5, 5.41) is 3.40. The number of likely N-dealkylation sites (N-methyl/N-ethyl adjacent to an activating group) is 1. The smallest absolute Gasteiger partial charge is 0.230 e. The Labute approximate surface area is 127 Å². The summed E-state index contributed by atoms with van der Waals surface area (Å²) in [6.07, 6.45) is 3.18. The average molecular weight is 287 g/mol. The number of likely N-dealkylation sites (tertiary alicyclic amines) is 1. The Hall–Kier alpha value is -1.55. The number of carbonyl (C=O) groups is 1. The van der Waals surface area contributed by atoms with Crippen LogP contribution in [0.2, 0.25) is 0 Å². The fraction of sp³-hybridized carbons (Fsp3) is 0.588. The maximum absolute atomic E-state index is 13.0. The first kappa shape index (κ1) is 14.4. The van der Waals surface area contributed by atoms with Crippen LogP contribution in [-0.2, 0) is 4.79 Å². The summed E-state index contributed by atoms with van der Waals surface area (Å²) >= 11 is 0. The van der Waals surface area contributed by atoms with Crippen molar-refractivity contribution in [1.82, 2.24) is 9.80 Å². The van der Waals surface area contributed by atoms with Gasteiger partial charge in [0.15, 0.2) is 0 Å². The molecule has 3 rings (SSSR count). The number of benzene rings is 1. The van der Waals surface area contributed by atoms with E-state index in [0.717, 1.165) is 44.6 Å². The molecule has 2 aliphatic heterocycles. The van der Waals surface area contributed by atoms with Gasteiger partial charge in [0, 0.05) is 31.4 Å². The van der Waals surface area contributed by atoms with Crippen molar-refractivity contribution in [3.63, 3.8) is 0 Å². The van der Waals surface area contributed by atoms with Gasteiger partial charge in [0.05, 0.1) is 5.92 Å². The number of nitrogens with one attached hydrogen (secondary N) is 1. The molecule has 0 spiro atoms. The molecule has 0 saturated carbocycles. The van der Waals surface area contributed by atoms with Gasteiger partial charge in [0.25, 0.3) is 0 Å². The first-order valence-corrected chi connectivity index (χ1v) is 7.95. The molecular formula is C17H25N3O. The number of hydrogen-bond acceptors (Lipinski definition) is 3. The number of carbonyl (C=O) groups excluding carboxylic acids is 1. The van der Waals surface area contributed by atoms with Crippen molar-refractivity contribution in [3.8, 4) is 0 Å². The standard InChI is InChI=1S/C17H25N3O/c1-19(2)12-13-6-5-11-20(13)17(21)15-9-10-18-16-8-4-3-7-14(15)16/h3-4,7-8,13,15,18H,5-6,9-12H2,1-2H3. The molecule has 2 aliphatic rings. The van der Waals surface area contributed by atoms with Gasteiger partial charge in [-0.2, -0.15) is 0 Å². The van der Waals surface area contributed by atoms with E-state index in [9.17, 15) is 4.79 Å². The van der Waals surface area contributed by atoms with Crippen LogP contribution in [0, 0.1) is 0 Å². The lowest BCUT2D eigenvalue weighted by Gasteiger charge is -2.33. The van der Waals surface area contributed by atoms with E-state index >= 15 is 0 Å². The predicted molar refractivity (Wildman–Crippen MR) is 85.6 cm³/mol. The Balaban J connectivity index is 1.79. The highest BCUT2D eigenvalue weighted by molar-refractivity contribution is 5.86. The highest BCUT2D eigenvalue weighted by Gasteiger charge is 2.35. The van der Waals surface area contributed by atoms with Crippen LogP contribution in [0.3, 0.4) is 0 Å². The number of nitrogens with zero attached hydrogens (tertiary/aromatic N) is 2. The summed E-state index contributed by atoms with van der Waals surface area (Å²) in [6.45, 7) is 2.78.